The summed E-state index contributed by atoms with van der Waals surface area (Å²) < 4.78 is 0. The fourth-order valence-corrected chi connectivity index (χ4v) is 3.95. The van der Waals surface area contributed by atoms with Crippen molar-refractivity contribution < 1.29 is 4.79 Å². The third-order valence-corrected chi connectivity index (χ3v) is 5.36. The van der Waals surface area contributed by atoms with Crippen LogP contribution in [0.1, 0.15) is 25.5 Å². The molecule has 1 amide bonds. The Balaban J connectivity index is 1.62. The monoisotopic (exact) mass is 349 g/mol. The second-order valence-corrected chi connectivity index (χ2v) is 7.12. The van der Waals surface area contributed by atoms with Crippen molar-refractivity contribution in [2.45, 2.75) is 38.3 Å². The number of carbonyl (C=O) groups is 1. The first-order valence-electron chi connectivity index (χ1n) is 7.85. The van der Waals surface area contributed by atoms with Gasteiger partial charge in [-0.25, -0.2) is 4.98 Å². The van der Waals surface area contributed by atoms with Crippen LogP contribution in [0.25, 0.3) is 10.6 Å². The van der Waals surface area contributed by atoms with E-state index in [4.69, 9.17) is 11.6 Å². The van der Waals surface area contributed by atoms with Crippen LogP contribution in [0.4, 0.5) is 0 Å². The molecule has 23 heavy (non-hydrogen) atoms. The van der Waals surface area contributed by atoms with E-state index in [9.17, 15) is 4.79 Å². The summed E-state index contributed by atoms with van der Waals surface area (Å²) in [5.74, 6) is 0.0292. The number of piperidine rings is 1. The quantitative estimate of drug-likeness (QED) is 0.890. The lowest BCUT2D eigenvalue weighted by Crippen LogP contribution is -2.52. The lowest BCUT2D eigenvalue weighted by atomic mass is 10.00. The van der Waals surface area contributed by atoms with E-state index in [1.54, 1.807) is 0 Å². The molecule has 6 heteroatoms. The maximum Gasteiger partial charge on any atom is 0.226 e. The highest BCUT2D eigenvalue weighted by molar-refractivity contribution is 7.13. The summed E-state index contributed by atoms with van der Waals surface area (Å²) in [5.41, 5.74) is 1.70. The normalized spacial score (nSPS) is 21.1. The summed E-state index contributed by atoms with van der Waals surface area (Å²) >= 11 is 7.72. The zero-order valence-corrected chi connectivity index (χ0v) is 14.6. The minimum absolute atomic E-state index is 0.0292. The van der Waals surface area contributed by atoms with E-state index in [0.717, 1.165) is 35.7 Å². The molecule has 0 saturated carbocycles. The van der Waals surface area contributed by atoms with Crippen LogP contribution >= 0.6 is 22.9 Å². The summed E-state index contributed by atoms with van der Waals surface area (Å²) in [4.78, 5) is 16.8. The van der Waals surface area contributed by atoms with E-state index in [0.29, 0.717) is 17.5 Å². The van der Waals surface area contributed by atoms with E-state index in [1.165, 1.54) is 11.3 Å². The van der Waals surface area contributed by atoms with Gasteiger partial charge in [0.15, 0.2) is 0 Å². The number of thiazole rings is 1. The van der Waals surface area contributed by atoms with Crippen LogP contribution in [0, 0.1) is 0 Å². The molecule has 1 aliphatic heterocycles. The van der Waals surface area contributed by atoms with Gasteiger partial charge in [-0.15, -0.1) is 11.3 Å². The summed E-state index contributed by atoms with van der Waals surface area (Å²) in [6, 6.07) is 8.15. The Bertz CT molecular complexity index is 688. The van der Waals surface area contributed by atoms with Crippen molar-refractivity contribution in [3.63, 3.8) is 0 Å². The third-order valence-electron chi connectivity index (χ3n) is 4.11. The lowest BCUT2D eigenvalue weighted by molar-refractivity contribution is -0.121. The molecule has 1 fully saturated rings. The first kappa shape index (κ1) is 16.4. The Morgan fingerprint density at radius 1 is 1.48 bits per heavy atom. The van der Waals surface area contributed by atoms with Crippen molar-refractivity contribution in [2.24, 2.45) is 0 Å². The number of carbonyl (C=O) groups excluding carboxylic acids is 1. The molecule has 1 aromatic heterocycles. The average molecular weight is 350 g/mol. The molecular weight excluding hydrogens is 330 g/mol. The number of aromatic nitrogens is 1. The maximum atomic E-state index is 12.2. The fraction of sp³-hybridized carbons (Fsp3) is 0.412. The van der Waals surface area contributed by atoms with Crippen LogP contribution in [0.15, 0.2) is 29.6 Å². The van der Waals surface area contributed by atoms with Crippen LogP contribution < -0.4 is 10.6 Å². The van der Waals surface area contributed by atoms with Crippen molar-refractivity contribution in [3.8, 4) is 10.6 Å². The van der Waals surface area contributed by atoms with E-state index in [-0.39, 0.29) is 11.9 Å². The molecule has 2 N–H and O–H groups in total. The molecule has 4 nitrogen and oxygen atoms in total. The Hall–Kier alpha value is -1.43. The molecule has 1 saturated heterocycles. The van der Waals surface area contributed by atoms with Gasteiger partial charge >= 0.3 is 0 Å². The van der Waals surface area contributed by atoms with E-state index >= 15 is 0 Å². The molecule has 1 aliphatic rings. The molecule has 3 rings (SSSR count). The van der Waals surface area contributed by atoms with Gasteiger partial charge in [0.2, 0.25) is 5.91 Å². The van der Waals surface area contributed by atoms with Gasteiger partial charge in [-0.1, -0.05) is 29.8 Å². The minimum Gasteiger partial charge on any atom is -0.351 e. The standard InChI is InChI=1S/C17H20ClN3OS/c1-11-15(7-4-8-19-11)21-16(22)9-12-10-23-17(20-12)13-5-2-3-6-14(13)18/h2-3,5-6,10-11,15,19H,4,7-9H2,1H3,(H,21,22). The number of nitrogens with zero attached hydrogens (tertiary/aromatic N) is 1. The molecule has 1 aromatic carbocycles. The second kappa shape index (κ2) is 7.43. The van der Waals surface area contributed by atoms with Gasteiger partial charge in [-0.2, -0.15) is 0 Å². The average Bonchev–Trinajstić information content (AvgIpc) is 2.98. The van der Waals surface area contributed by atoms with Crippen LogP contribution in [0.3, 0.4) is 0 Å². The Kier molecular flexibility index (Phi) is 5.30. The third kappa shape index (κ3) is 4.10. The molecule has 0 bridgehead atoms. The molecule has 0 aliphatic carbocycles. The number of hydrogen-bond donors (Lipinski definition) is 2. The highest BCUT2D eigenvalue weighted by atomic mass is 35.5. The van der Waals surface area contributed by atoms with E-state index < -0.39 is 0 Å². The molecular formula is C17H20ClN3OS. The summed E-state index contributed by atoms with van der Waals surface area (Å²) in [6.45, 7) is 3.14. The predicted molar refractivity (Wildman–Crippen MR) is 94.9 cm³/mol. The van der Waals surface area contributed by atoms with Gasteiger partial charge < -0.3 is 10.6 Å². The molecule has 0 spiro atoms. The number of nitrogens with one attached hydrogen (secondary N) is 2. The Labute approximate surface area is 145 Å². The largest absolute Gasteiger partial charge is 0.351 e. The SMILES string of the molecule is CC1NCCCC1NC(=O)Cc1csc(-c2ccccc2Cl)n1. The first-order chi connectivity index (χ1) is 11.1. The van der Waals surface area contributed by atoms with Gasteiger partial charge in [-0.05, 0) is 32.4 Å². The van der Waals surface area contributed by atoms with Crippen molar-refractivity contribution in [3.05, 3.63) is 40.4 Å². The summed E-state index contributed by atoms with van der Waals surface area (Å²) in [6.07, 6.45) is 2.44. The Morgan fingerprint density at radius 2 is 2.30 bits per heavy atom. The van der Waals surface area contributed by atoms with Crippen LogP contribution in [0.5, 0.6) is 0 Å². The number of benzene rings is 1. The molecule has 0 radical (unpaired) electrons. The van der Waals surface area contributed by atoms with E-state index in [2.05, 4.69) is 22.5 Å². The second-order valence-electron chi connectivity index (χ2n) is 5.86. The fourth-order valence-electron chi connectivity index (χ4n) is 2.81. The molecule has 2 atom stereocenters. The topological polar surface area (TPSA) is 54.0 Å². The number of hydrogen-bond acceptors (Lipinski definition) is 4. The smallest absolute Gasteiger partial charge is 0.226 e. The molecule has 2 unspecified atom stereocenters. The van der Waals surface area contributed by atoms with Crippen LogP contribution in [-0.2, 0) is 11.2 Å². The zero-order valence-electron chi connectivity index (χ0n) is 13.0. The number of amides is 1. The lowest BCUT2D eigenvalue weighted by Gasteiger charge is -2.30. The van der Waals surface area contributed by atoms with Crippen molar-refractivity contribution in [2.75, 3.05) is 6.54 Å². The van der Waals surface area contributed by atoms with Gasteiger partial charge in [0.25, 0.3) is 0 Å². The summed E-state index contributed by atoms with van der Waals surface area (Å²) in [5, 5.41) is 9.97. The van der Waals surface area contributed by atoms with Crippen LogP contribution in [-0.4, -0.2) is 29.5 Å². The molecule has 2 heterocycles. The maximum absolute atomic E-state index is 12.2. The zero-order chi connectivity index (χ0) is 16.2. The molecule has 2 aromatic rings. The Morgan fingerprint density at radius 3 is 3.09 bits per heavy atom. The number of halogens is 1. The highest BCUT2D eigenvalue weighted by Crippen LogP contribution is 2.30. The predicted octanol–water partition coefficient (Wildman–Crippen LogP) is 3.26. The first-order valence-corrected chi connectivity index (χ1v) is 9.11. The van der Waals surface area contributed by atoms with E-state index in [1.807, 2.05) is 29.6 Å². The van der Waals surface area contributed by atoms with Gasteiger partial charge in [-0.3, -0.25) is 4.79 Å². The molecule has 122 valence electrons. The van der Waals surface area contributed by atoms with Gasteiger partial charge in [0.05, 0.1) is 17.1 Å². The van der Waals surface area contributed by atoms with Gasteiger partial charge in [0, 0.05) is 23.0 Å². The van der Waals surface area contributed by atoms with Crippen molar-refractivity contribution in [1.29, 1.82) is 0 Å². The van der Waals surface area contributed by atoms with Gasteiger partial charge in [0.1, 0.15) is 5.01 Å². The number of rotatable bonds is 4. The van der Waals surface area contributed by atoms with Crippen molar-refractivity contribution in [1.82, 2.24) is 15.6 Å². The van der Waals surface area contributed by atoms with Crippen molar-refractivity contribution >= 4 is 28.8 Å². The summed E-state index contributed by atoms with van der Waals surface area (Å²) in [7, 11) is 0. The highest BCUT2D eigenvalue weighted by Gasteiger charge is 2.22. The minimum atomic E-state index is 0.0292. The van der Waals surface area contributed by atoms with Crippen LogP contribution in [0.2, 0.25) is 5.02 Å².